The van der Waals surface area contributed by atoms with Gasteiger partial charge in [0.2, 0.25) is 0 Å². The highest BCUT2D eigenvalue weighted by Crippen LogP contribution is 2.24. The molecule has 0 saturated carbocycles. The quantitative estimate of drug-likeness (QED) is 0.730. The summed E-state index contributed by atoms with van der Waals surface area (Å²) in [5, 5.41) is 3.41. The topological polar surface area (TPSA) is 24.5 Å². The fraction of sp³-hybridized carbons (Fsp3) is 0.455. The third-order valence-corrected chi connectivity index (χ3v) is 2.57. The number of likely N-dealkylation sites (N-methyl/N-ethyl adjacent to an activating group) is 1. The number of methoxy groups -OCH3 is 1. The summed E-state index contributed by atoms with van der Waals surface area (Å²) in [6.45, 7) is 3.08. The molecule has 0 amide bonds. The summed E-state index contributed by atoms with van der Waals surface area (Å²) in [5.74, 6) is 0.917. The molecule has 1 aliphatic rings. The van der Waals surface area contributed by atoms with Gasteiger partial charge in [0.05, 0.1) is 7.11 Å². The van der Waals surface area contributed by atoms with Gasteiger partial charge in [0, 0.05) is 31.4 Å². The molecular weight excluding hydrogens is 176 g/mol. The molecule has 3 nitrogen and oxygen atoms in total. The Hall–Kier alpha value is -1.22. The summed E-state index contributed by atoms with van der Waals surface area (Å²) in [6, 6.07) is 6.21. The Balaban J connectivity index is 2.31. The van der Waals surface area contributed by atoms with Gasteiger partial charge >= 0.3 is 0 Å². The Bertz CT molecular complexity index is 325. The van der Waals surface area contributed by atoms with Crippen LogP contribution in [0.15, 0.2) is 18.2 Å². The lowest BCUT2D eigenvalue weighted by Crippen LogP contribution is -2.20. The predicted octanol–water partition coefficient (Wildman–Crippen LogP) is 1.55. The first-order valence-corrected chi connectivity index (χ1v) is 4.89. The summed E-state index contributed by atoms with van der Waals surface area (Å²) in [4.78, 5) is 2.31. The second-order valence-electron chi connectivity index (χ2n) is 3.69. The van der Waals surface area contributed by atoms with Gasteiger partial charge in [0.1, 0.15) is 5.75 Å². The highest BCUT2D eigenvalue weighted by atomic mass is 16.5. The van der Waals surface area contributed by atoms with Crippen LogP contribution < -0.4 is 10.1 Å². The second kappa shape index (κ2) is 3.88. The number of anilines is 1. The number of hydrogen-bond donors (Lipinski definition) is 1. The lowest BCUT2D eigenvalue weighted by atomic mass is 10.1. The summed E-state index contributed by atoms with van der Waals surface area (Å²) >= 11 is 0. The highest BCUT2D eigenvalue weighted by Gasteiger charge is 2.10. The molecule has 2 rings (SSSR count). The summed E-state index contributed by atoms with van der Waals surface area (Å²) in [5.41, 5.74) is 2.54. The minimum Gasteiger partial charge on any atom is -0.497 e. The van der Waals surface area contributed by atoms with Gasteiger partial charge in [0.25, 0.3) is 0 Å². The first-order chi connectivity index (χ1) is 6.79. The van der Waals surface area contributed by atoms with E-state index in [2.05, 4.69) is 29.4 Å². The maximum absolute atomic E-state index is 5.19. The molecule has 0 radical (unpaired) electrons. The van der Waals surface area contributed by atoms with Crippen molar-refractivity contribution in [3.63, 3.8) is 0 Å². The molecule has 0 fully saturated rings. The van der Waals surface area contributed by atoms with Crippen LogP contribution in [-0.2, 0) is 6.54 Å². The van der Waals surface area contributed by atoms with Crippen molar-refractivity contribution in [1.82, 2.24) is 4.90 Å². The highest BCUT2D eigenvalue weighted by molar-refractivity contribution is 5.55. The van der Waals surface area contributed by atoms with E-state index in [4.69, 9.17) is 4.74 Å². The van der Waals surface area contributed by atoms with Crippen LogP contribution in [0.3, 0.4) is 0 Å². The lowest BCUT2D eigenvalue weighted by molar-refractivity contribution is 0.346. The number of hydrogen-bond acceptors (Lipinski definition) is 3. The smallest absolute Gasteiger partial charge is 0.120 e. The Morgan fingerprint density at radius 1 is 1.43 bits per heavy atom. The number of ether oxygens (including phenoxy) is 1. The molecule has 1 aliphatic heterocycles. The molecule has 1 heterocycles. The lowest BCUT2D eigenvalue weighted by Gasteiger charge is -2.12. The number of nitrogens with zero attached hydrogens (tertiary/aromatic N) is 1. The van der Waals surface area contributed by atoms with Crippen molar-refractivity contribution in [2.45, 2.75) is 6.54 Å². The number of fused-ring (bicyclic) bond motifs is 1. The van der Waals surface area contributed by atoms with Gasteiger partial charge in [0.15, 0.2) is 0 Å². The SMILES string of the molecule is COc1ccc2c(c1)NCCN(C)C2. The van der Waals surface area contributed by atoms with Gasteiger partial charge in [-0.2, -0.15) is 0 Å². The maximum atomic E-state index is 5.19. The van der Waals surface area contributed by atoms with E-state index in [0.29, 0.717) is 0 Å². The molecule has 3 heteroatoms. The average Bonchev–Trinajstić information content (AvgIpc) is 2.37. The standard InChI is InChI=1S/C11H16N2O/c1-13-6-5-12-11-7-10(14-2)4-3-9(11)8-13/h3-4,7,12H,5-6,8H2,1-2H3. The molecule has 1 aromatic carbocycles. The van der Waals surface area contributed by atoms with Crippen molar-refractivity contribution in [2.75, 3.05) is 32.6 Å². The van der Waals surface area contributed by atoms with Gasteiger partial charge in [-0.3, -0.25) is 0 Å². The van der Waals surface area contributed by atoms with Crippen LogP contribution in [0.4, 0.5) is 5.69 Å². The molecule has 0 aromatic heterocycles. The Morgan fingerprint density at radius 3 is 3.07 bits per heavy atom. The molecular formula is C11H16N2O. The minimum atomic E-state index is 0.917. The zero-order valence-electron chi connectivity index (χ0n) is 8.71. The average molecular weight is 192 g/mol. The second-order valence-corrected chi connectivity index (χ2v) is 3.69. The fourth-order valence-electron chi connectivity index (χ4n) is 1.74. The molecule has 0 bridgehead atoms. The normalized spacial score (nSPS) is 16.7. The van der Waals surface area contributed by atoms with Crippen LogP contribution in [0.25, 0.3) is 0 Å². The zero-order chi connectivity index (χ0) is 9.97. The van der Waals surface area contributed by atoms with E-state index in [1.807, 2.05) is 6.07 Å². The van der Waals surface area contributed by atoms with E-state index in [0.717, 1.165) is 25.4 Å². The third-order valence-electron chi connectivity index (χ3n) is 2.57. The van der Waals surface area contributed by atoms with Gasteiger partial charge < -0.3 is 15.0 Å². The Morgan fingerprint density at radius 2 is 2.29 bits per heavy atom. The molecule has 1 aromatic rings. The Kier molecular flexibility index (Phi) is 2.59. The van der Waals surface area contributed by atoms with Crippen molar-refractivity contribution >= 4 is 5.69 Å². The van der Waals surface area contributed by atoms with Crippen molar-refractivity contribution in [2.24, 2.45) is 0 Å². The molecule has 76 valence electrons. The van der Waals surface area contributed by atoms with Crippen LogP contribution >= 0.6 is 0 Å². The van der Waals surface area contributed by atoms with Crippen LogP contribution in [0, 0.1) is 0 Å². The van der Waals surface area contributed by atoms with E-state index in [1.54, 1.807) is 7.11 Å². The molecule has 0 atom stereocenters. The summed E-state index contributed by atoms with van der Waals surface area (Å²) in [6.07, 6.45) is 0. The number of nitrogens with one attached hydrogen (secondary N) is 1. The van der Waals surface area contributed by atoms with E-state index in [1.165, 1.54) is 11.3 Å². The van der Waals surface area contributed by atoms with E-state index in [9.17, 15) is 0 Å². The van der Waals surface area contributed by atoms with E-state index < -0.39 is 0 Å². The van der Waals surface area contributed by atoms with Crippen LogP contribution in [0.1, 0.15) is 5.56 Å². The largest absolute Gasteiger partial charge is 0.497 e. The van der Waals surface area contributed by atoms with E-state index >= 15 is 0 Å². The van der Waals surface area contributed by atoms with Crippen molar-refractivity contribution < 1.29 is 4.74 Å². The monoisotopic (exact) mass is 192 g/mol. The van der Waals surface area contributed by atoms with Crippen molar-refractivity contribution in [3.05, 3.63) is 23.8 Å². The van der Waals surface area contributed by atoms with Gasteiger partial charge in [-0.25, -0.2) is 0 Å². The minimum absolute atomic E-state index is 0.917. The number of benzene rings is 1. The van der Waals surface area contributed by atoms with Gasteiger partial charge in [-0.15, -0.1) is 0 Å². The van der Waals surface area contributed by atoms with Crippen molar-refractivity contribution in [3.8, 4) is 5.75 Å². The molecule has 14 heavy (non-hydrogen) atoms. The fourth-order valence-corrected chi connectivity index (χ4v) is 1.74. The molecule has 0 unspecified atom stereocenters. The first-order valence-electron chi connectivity index (χ1n) is 4.89. The first kappa shape index (κ1) is 9.34. The van der Waals surface area contributed by atoms with Gasteiger partial charge in [-0.1, -0.05) is 6.07 Å². The zero-order valence-corrected chi connectivity index (χ0v) is 8.71. The summed E-state index contributed by atoms with van der Waals surface area (Å²) < 4.78 is 5.19. The maximum Gasteiger partial charge on any atom is 0.120 e. The third kappa shape index (κ3) is 1.82. The van der Waals surface area contributed by atoms with E-state index in [-0.39, 0.29) is 0 Å². The van der Waals surface area contributed by atoms with Gasteiger partial charge in [-0.05, 0) is 18.7 Å². The molecule has 0 aliphatic carbocycles. The molecule has 1 N–H and O–H groups in total. The summed E-state index contributed by atoms with van der Waals surface area (Å²) in [7, 11) is 3.84. The molecule has 0 saturated heterocycles. The Labute approximate surface area is 84.7 Å². The van der Waals surface area contributed by atoms with Crippen molar-refractivity contribution in [1.29, 1.82) is 0 Å². The predicted molar refractivity (Wildman–Crippen MR) is 57.8 cm³/mol. The van der Waals surface area contributed by atoms with Crippen LogP contribution in [0.2, 0.25) is 0 Å². The van der Waals surface area contributed by atoms with Crippen LogP contribution in [-0.4, -0.2) is 32.1 Å². The number of rotatable bonds is 1. The molecule has 0 spiro atoms. The van der Waals surface area contributed by atoms with Crippen LogP contribution in [0.5, 0.6) is 5.75 Å².